The Hall–Kier alpha value is -1.71. The standard InChI is InChI=1S/C13H20N2O2/c1-3-4-5-12(13(14)16)15-10-6-8-11(17-2)9-7-10/h6-9,12,15H,3-5H2,1-2H3,(H2,14,16). The second kappa shape index (κ2) is 6.78. The number of ether oxygens (including phenoxy) is 1. The average Bonchev–Trinajstić information content (AvgIpc) is 2.35. The smallest absolute Gasteiger partial charge is 0.239 e. The molecule has 4 nitrogen and oxygen atoms in total. The SMILES string of the molecule is CCCCC(Nc1ccc(OC)cc1)C(N)=O. The number of amides is 1. The summed E-state index contributed by atoms with van der Waals surface area (Å²) in [6.45, 7) is 2.09. The topological polar surface area (TPSA) is 64.3 Å². The largest absolute Gasteiger partial charge is 0.497 e. The number of benzene rings is 1. The monoisotopic (exact) mass is 236 g/mol. The number of nitrogens with two attached hydrogens (primary N) is 1. The predicted molar refractivity (Wildman–Crippen MR) is 69.1 cm³/mol. The number of methoxy groups -OCH3 is 1. The molecule has 4 heteroatoms. The minimum absolute atomic E-state index is 0.302. The third kappa shape index (κ3) is 4.34. The lowest BCUT2D eigenvalue weighted by Crippen LogP contribution is -2.35. The number of carbonyl (C=O) groups is 1. The van der Waals surface area contributed by atoms with Gasteiger partial charge in [0.25, 0.3) is 0 Å². The molecule has 1 atom stereocenters. The summed E-state index contributed by atoms with van der Waals surface area (Å²) in [5, 5.41) is 3.13. The number of primary amides is 1. The van der Waals surface area contributed by atoms with Gasteiger partial charge < -0.3 is 15.8 Å². The maximum atomic E-state index is 11.3. The van der Waals surface area contributed by atoms with Crippen molar-refractivity contribution in [1.29, 1.82) is 0 Å². The Balaban J connectivity index is 2.61. The van der Waals surface area contributed by atoms with Crippen LogP contribution in [0.15, 0.2) is 24.3 Å². The molecule has 0 spiro atoms. The molecule has 1 unspecified atom stereocenters. The summed E-state index contributed by atoms with van der Waals surface area (Å²) in [6.07, 6.45) is 2.79. The van der Waals surface area contributed by atoms with Gasteiger partial charge in [-0.15, -0.1) is 0 Å². The molecular formula is C13H20N2O2. The van der Waals surface area contributed by atoms with Crippen LogP contribution >= 0.6 is 0 Å². The van der Waals surface area contributed by atoms with Crippen LogP contribution in [0, 0.1) is 0 Å². The van der Waals surface area contributed by atoms with Gasteiger partial charge in [-0.05, 0) is 30.7 Å². The quantitative estimate of drug-likeness (QED) is 0.762. The number of hydrogen-bond acceptors (Lipinski definition) is 3. The molecule has 0 aliphatic rings. The third-order valence-corrected chi connectivity index (χ3v) is 2.62. The van der Waals surface area contributed by atoms with E-state index in [2.05, 4.69) is 12.2 Å². The maximum absolute atomic E-state index is 11.3. The lowest BCUT2D eigenvalue weighted by atomic mass is 10.1. The van der Waals surface area contributed by atoms with Crippen LogP contribution in [0.2, 0.25) is 0 Å². The van der Waals surface area contributed by atoms with Crippen LogP contribution in [0.1, 0.15) is 26.2 Å². The van der Waals surface area contributed by atoms with Gasteiger partial charge in [0.1, 0.15) is 11.8 Å². The Kier molecular flexibility index (Phi) is 5.33. The van der Waals surface area contributed by atoms with Gasteiger partial charge >= 0.3 is 0 Å². The van der Waals surface area contributed by atoms with Gasteiger partial charge in [-0.2, -0.15) is 0 Å². The second-order valence-corrected chi connectivity index (χ2v) is 3.97. The highest BCUT2D eigenvalue weighted by Gasteiger charge is 2.13. The molecule has 17 heavy (non-hydrogen) atoms. The number of anilines is 1. The Morgan fingerprint density at radius 2 is 2.06 bits per heavy atom. The van der Waals surface area contributed by atoms with Crippen LogP contribution in [-0.2, 0) is 4.79 Å². The molecule has 1 aromatic carbocycles. The van der Waals surface area contributed by atoms with E-state index in [4.69, 9.17) is 10.5 Å². The van der Waals surface area contributed by atoms with Crippen LogP contribution in [0.25, 0.3) is 0 Å². The van der Waals surface area contributed by atoms with Crippen molar-refractivity contribution in [2.24, 2.45) is 5.73 Å². The zero-order valence-corrected chi connectivity index (χ0v) is 10.4. The molecule has 0 saturated carbocycles. The van der Waals surface area contributed by atoms with E-state index in [0.29, 0.717) is 0 Å². The van der Waals surface area contributed by atoms with E-state index >= 15 is 0 Å². The summed E-state index contributed by atoms with van der Waals surface area (Å²) < 4.78 is 5.07. The van der Waals surface area contributed by atoms with Crippen molar-refractivity contribution in [3.8, 4) is 5.75 Å². The normalized spacial score (nSPS) is 11.9. The number of rotatable bonds is 7. The molecule has 94 valence electrons. The molecule has 1 aromatic rings. The van der Waals surface area contributed by atoms with Gasteiger partial charge in [-0.25, -0.2) is 0 Å². The summed E-state index contributed by atoms with van der Waals surface area (Å²) in [5.74, 6) is 0.481. The summed E-state index contributed by atoms with van der Waals surface area (Å²) in [7, 11) is 1.62. The summed E-state index contributed by atoms with van der Waals surface area (Å²) in [6, 6.07) is 7.14. The fourth-order valence-corrected chi connectivity index (χ4v) is 1.58. The van der Waals surface area contributed by atoms with Crippen LogP contribution in [0.4, 0.5) is 5.69 Å². The van der Waals surface area contributed by atoms with Crippen LogP contribution in [0.3, 0.4) is 0 Å². The van der Waals surface area contributed by atoms with Crippen molar-refractivity contribution in [1.82, 2.24) is 0 Å². The Bertz CT molecular complexity index is 349. The van der Waals surface area contributed by atoms with Crippen molar-refractivity contribution >= 4 is 11.6 Å². The maximum Gasteiger partial charge on any atom is 0.239 e. The first-order valence-corrected chi connectivity index (χ1v) is 5.87. The van der Waals surface area contributed by atoms with E-state index < -0.39 is 0 Å². The summed E-state index contributed by atoms with van der Waals surface area (Å²) >= 11 is 0. The zero-order valence-electron chi connectivity index (χ0n) is 10.4. The van der Waals surface area contributed by atoms with Crippen molar-refractivity contribution < 1.29 is 9.53 Å². The molecular weight excluding hydrogens is 216 g/mol. The molecule has 3 N–H and O–H groups in total. The van der Waals surface area contributed by atoms with Crippen molar-refractivity contribution in [3.63, 3.8) is 0 Å². The minimum atomic E-state index is -0.311. The van der Waals surface area contributed by atoms with E-state index in [1.54, 1.807) is 7.11 Å². The summed E-state index contributed by atoms with van der Waals surface area (Å²) in [4.78, 5) is 11.3. The molecule has 1 amide bonds. The highest BCUT2D eigenvalue weighted by Crippen LogP contribution is 2.16. The van der Waals surface area contributed by atoms with Crippen molar-refractivity contribution in [2.75, 3.05) is 12.4 Å². The average molecular weight is 236 g/mol. The lowest BCUT2D eigenvalue weighted by molar-refractivity contribution is -0.118. The summed E-state index contributed by atoms with van der Waals surface area (Å²) in [5.41, 5.74) is 6.24. The Morgan fingerprint density at radius 1 is 1.41 bits per heavy atom. The fraction of sp³-hybridized carbons (Fsp3) is 0.462. The molecule has 1 rings (SSSR count). The zero-order chi connectivity index (χ0) is 12.7. The van der Waals surface area contributed by atoms with E-state index in [-0.39, 0.29) is 11.9 Å². The Morgan fingerprint density at radius 3 is 2.53 bits per heavy atom. The molecule has 0 radical (unpaired) electrons. The highest BCUT2D eigenvalue weighted by molar-refractivity contribution is 5.82. The van der Waals surface area contributed by atoms with E-state index in [9.17, 15) is 4.79 Å². The van der Waals surface area contributed by atoms with Crippen LogP contribution in [-0.4, -0.2) is 19.1 Å². The highest BCUT2D eigenvalue weighted by atomic mass is 16.5. The minimum Gasteiger partial charge on any atom is -0.497 e. The van der Waals surface area contributed by atoms with Gasteiger partial charge in [0.2, 0.25) is 5.91 Å². The molecule has 0 aliphatic heterocycles. The predicted octanol–water partition coefficient (Wildman–Crippen LogP) is 2.15. The van der Waals surface area contributed by atoms with Gasteiger partial charge in [0.15, 0.2) is 0 Å². The van der Waals surface area contributed by atoms with E-state index in [1.807, 2.05) is 24.3 Å². The van der Waals surface area contributed by atoms with Gasteiger partial charge in [-0.3, -0.25) is 4.79 Å². The molecule has 0 saturated heterocycles. The van der Waals surface area contributed by atoms with Gasteiger partial charge in [0, 0.05) is 5.69 Å². The molecule has 0 heterocycles. The van der Waals surface area contributed by atoms with E-state index in [1.165, 1.54) is 0 Å². The molecule has 0 aliphatic carbocycles. The first kappa shape index (κ1) is 13.4. The van der Waals surface area contributed by atoms with Crippen molar-refractivity contribution in [2.45, 2.75) is 32.2 Å². The van der Waals surface area contributed by atoms with Gasteiger partial charge in [-0.1, -0.05) is 19.8 Å². The number of carbonyl (C=O) groups excluding carboxylic acids is 1. The third-order valence-electron chi connectivity index (χ3n) is 2.62. The number of unbranched alkanes of at least 4 members (excludes halogenated alkanes) is 1. The van der Waals surface area contributed by atoms with E-state index in [0.717, 1.165) is 30.7 Å². The molecule has 0 aromatic heterocycles. The number of nitrogens with one attached hydrogen (secondary N) is 1. The van der Waals surface area contributed by atoms with Crippen LogP contribution < -0.4 is 15.8 Å². The fourth-order valence-electron chi connectivity index (χ4n) is 1.58. The van der Waals surface area contributed by atoms with Crippen molar-refractivity contribution in [3.05, 3.63) is 24.3 Å². The molecule has 0 bridgehead atoms. The van der Waals surface area contributed by atoms with Gasteiger partial charge in [0.05, 0.1) is 7.11 Å². The van der Waals surface area contributed by atoms with Crippen LogP contribution in [0.5, 0.6) is 5.75 Å². The first-order chi connectivity index (χ1) is 8.17. The lowest BCUT2D eigenvalue weighted by Gasteiger charge is -2.16. The second-order valence-electron chi connectivity index (χ2n) is 3.97. The Labute approximate surface area is 102 Å². The molecule has 0 fully saturated rings. The number of hydrogen-bond donors (Lipinski definition) is 2. The first-order valence-electron chi connectivity index (χ1n) is 5.87.